The van der Waals surface area contributed by atoms with E-state index in [1.165, 1.54) is 34.2 Å². The molecule has 1 heterocycles. The van der Waals surface area contributed by atoms with E-state index in [0.29, 0.717) is 5.82 Å². The molecule has 0 unspecified atom stereocenters. The van der Waals surface area contributed by atoms with Crippen LogP contribution in [0.15, 0.2) is 67.3 Å². The Balaban J connectivity index is 1.99. The normalized spacial score (nSPS) is 11.0. The number of benzene rings is 3. The van der Waals surface area contributed by atoms with Crippen LogP contribution in [0.25, 0.3) is 32.9 Å². The zero-order chi connectivity index (χ0) is 13.4. The van der Waals surface area contributed by atoms with E-state index in [1.54, 1.807) is 0 Å². The number of hydrogen-bond donors (Lipinski definition) is 0. The fourth-order valence-electron chi connectivity index (χ4n) is 2.54. The molecule has 4 rings (SSSR count). The zero-order valence-corrected chi connectivity index (χ0v) is 10.7. The average molecular weight is 257 g/mol. The molecule has 94 valence electrons. The SMILES string of the molecule is c1ccc2c(c1)ccc1cc(-c3ncncn3)ccc12. The zero-order valence-electron chi connectivity index (χ0n) is 10.7. The van der Waals surface area contributed by atoms with Crippen molar-refractivity contribution in [3.8, 4) is 11.4 Å². The van der Waals surface area contributed by atoms with Crippen molar-refractivity contribution in [3.63, 3.8) is 0 Å². The first-order chi connectivity index (χ1) is 9.92. The van der Waals surface area contributed by atoms with Gasteiger partial charge in [-0.1, -0.05) is 48.5 Å². The lowest BCUT2D eigenvalue weighted by Gasteiger charge is -2.05. The Morgan fingerprint density at radius 2 is 1.40 bits per heavy atom. The van der Waals surface area contributed by atoms with Crippen LogP contribution in [0.2, 0.25) is 0 Å². The molecule has 0 amide bonds. The van der Waals surface area contributed by atoms with Crippen LogP contribution in [0, 0.1) is 0 Å². The van der Waals surface area contributed by atoms with Crippen LogP contribution >= 0.6 is 0 Å². The minimum Gasteiger partial charge on any atom is -0.225 e. The van der Waals surface area contributed by atoms with Crippen LogP contribution in [0.4, 0.5) is 0 Å². The monoisotopic (exact) mass is 257 g/mol. The van der Waals surface area contributed by atoms with Gasteiger partial charge in [-0.05, 0) is 27.6 Å². The largest absolute Gasteiger partial charge is 0.225 e. The maximum atomic E-state index is 4.20. The van der Waals surface area contributed by atoms with Crippen molar-refractivity contribution >= 4 is 21.5 Å². The maximum Gasteiger partial charge on any atom is 0.162 e. The lowest BCUT2D eigenvalue weighted by Crippen LogP contribution is -1.89. The van der Waals surface area contributed by atoms with E-state index in [-0.39, 0.29) is 0 Å². The molecule has 0 aliphatic rings. The second kappa shape index (κ2) is 4.38. The third kappa shape index (κ3) is 1.72. The molecule has 3 heteroatoms. The van der Waals surface area contributed by atoms with E-state index in [9.17, 15) is 0 Å². The Labute approximate surface area is 116 Å². The highest BCUT2D eigenvalue weighted by molar-refractivity contribution is 6.08. The molecule has 3 nitrogen and oxygen atoms in total. The quantitative estimate of drug-likeness (QED) is 0.486. The van der Waals surface area contributed by atoms with Gasteiger partial charge in [0.05, 0.1) is 0 Å². The van der Waals surface area contributed by atoms with Crippen molar-refractivity contribution in [2.24, 2.45) is 0 Å². The van der Waals surface area contributed by atoms with Gasteiger partial charge in [-0.15, -0.1) is 0 Å². The Hall–Kier alpha value is -2.81. The standard InChI is InChI=1S/C17H11N3/c1-2-4-15-12(3-1)5-6-13-9-14(7-8-16(13)15)17-19-10-18-11-20-17/h1-11H. The molecule has 0 aliphatic carbocycles. The first kappa shape index (κ1) is 11.1. The van der Waals surface area contributed by atoms with Gasteiger partial charge in [0.15, 0.2) is 5.82 Å². The van der Waals surface area contributed by atoms with Crippen LogP contribution in [-0.2, 0) is 0 Å². The Kier molecular flexibility index (Phi) is 2.42. The summed E-state index contributed by atoms with van der Waals surface area (Å²) in [5, 5.41) is 4.97. The third-order valence-corrected chi connectivity index (χ3v) is 3.50. The molecular formula is C17H11N3. The Bertz CT molecular complexity index is 901. The summed E-state index contributed by atoms with van der Waals surface area (Å²) >= 11 is 0. The summed E-state index contributed by atoms with van der Waals surface area (Å²) in [6.07, 6.45) is 3.04. The summed E-state index contributed by atoms with van der Waals surface area (Å²) in [6.45, 7) is 0. The van der Waals surface area contributed by atoms with Gasteiger partial charge >= 0.3 is 0 Å². The van der Waals surface area contributed by atoms with E-state index in [4.69, 9.17) is 0 Å². The second-order valence-electron chi connectivity index (χ2n) is 4.68. The molecule has 20 heavy (non-hydrogen) atoms. The first-order valence-corrected chi connectivity index (χ1v) is 6.46. The smallest absolute Gasteiger partial charge is 0.162 e. The highest BCUT2D eigenvalue weighted by Crippen LogP contribution is 2.28. The molecule has 1 aromatic heterocycles. The summed E-state index contributed by atoms with van der Waals surface area (Å²) in [7, 11) is 0. The van der Waals surface area contributed by atoms with Crippen LogP contribution in [0.3, 0.4) is 0 Å². The highest BCUT2D eigenvalue weighted by Gasteiger charge is 2.04. The summed E-state index contributed by atoms with van der Waals surface area (Å²) in [5.41, 5.74) is 1.01. The number of nitrogens with zero attached hydrogens (tertiary/aromatic N) is 3. The molecule has 0 spiro atoms. The number of fused-ring (bicyclic) bond motifs is 3. The van der Waals surface area contributed by atoms with Crippen molar-refractivity contribution < 1.29 is 0 Å². The molecule has 0 aliphatic heterocycles. The van der Waals surface area contributed by atoms with E-state index in [1.807, 2.05) is 0 Å². The van der Waals surface area contributed by atoms with Crippen LogP contribution in [-0.4, -0.2) is 15.0 Å². The minimum atomic E-state index is 0.704. The van der Waals surface area contributed by atoms with E-state index in [2.05, 4.69) is 69.5 Å². The fourth-order valence-corrected chi connectivity index (χ4v) is 2.54. The van der Waals surface area contributed by atoms with Crippen molar-refractivity contribution in [1.82, 2.24) is 15.0 Å². The van der Waals surface area contributed by atoms with E-state index >= 15 is 0 Å². The number of rotatable bonds is 1. The first-order valence-electron chi connectivity index (χ1n) is 6.46. The van der Waals surface area contributed by atoms with Crippen molar-refractivity contribution in [2.75, 3.05) is 0 Å². The van der Waals surface area contributed by atoms with E-state index in [0.717, 1.165) is 5.56 Å². The fraction of sp³-hybridized carbons (Fsp3) is 0. The molecular weight excluding hydrogens is 246 g/mol. The molecule has 0 atom stereocenters. The van der Waals surface area contributed by atoms with Gasteiger partial charge in [-0.2, -0.15) is 0 Å². The number of hydrogen-bond acceptors (Lipinski definition) is 3. The molecule has 0 fully saturated rings. The van der Waals surface area contributed by atoms with Crippen molar-refractivity contribution in [1.29, 1.82) is 0 Å². The third-order valence-electron chi connectivity index (χ3n) is 3.50. The summed E-state index contributed by atoms with van der Waals surface area (Å²) in [6, 6.07) is 19.0. The molecule has 0 bridgehead atoms. The molecule has 0 saturated heterocycles. The lowest BCUT2D eigenvalue weighted by atomic mass is 10.00. The van der Waals surface area contributed by atoms with Gasteiger partial charge in [-0.25, -0.2) is 15.0 Å². The predicted molar refractivity (Wildman–Crippen MR) is 80.3 cm³/mol. The molecule has 4 aromatic rings. The van der Waals surface area contributed by atoms with Crippen molar-refractivity contribution in [3.05, 3.63) is 67.3 Å². The Morgan fingerprint density at radius 1 is 0.650 bits per heavy atom. The van der Waals surface area contributed by atoms with Gasteiger partial charge in [0, 0.05) is 5.56 Å². The summed E-state index contributed by atoms with van der Waals surface area (Å²) < 4.78 is 0. The van der Waals surface area contributed by atoms with Crippen LogP contribution in [0.5, 0.6) is 0 Å². The molecule has 0 saturated carbocycles. The highest BCUT2D eigenvalue weighted by atomic mass is 15.0. The van der Waals surface area contributed by atoms with Gasteiger partial charge in [-0.3, -0.25) is 0 Å². The molecule has 3 aromatic carbocycles. The summed E-state index contributed by atoms with van der Waals surface area (Å²) in [4.78, 5) is 12.2. The molecule has 0 N–H and O–H groups in total. The number of aromatic nitrogens is 3. The second-order valence-corrected chi connectivity index (χ2v) is 4.68. The van der Waals surface area contributed by atoms with Crippen molar-refractivity contribution in [2.45, 2.75) is 0 Å². The van der Waals surface area contributed by atoms with Gasteiger partial charge < -0.3 is 0 Å². The topological polar surface area (TPSA) is 38.7 Å². The summed E-state index contributed by atoms with van der Waals surface area (Å²) in [5.74, 6) is 0.704. The van der Waals surface area contributed by atoms with Gasteiger partial charge in [0.2, 0.25) is 0 Å². The van der Waals surface area contributed by atoms with Gasteiger partial charge in [0.1, 0.15) is 12.7 Å². The average Bonchev–Trinajstić information content (AvgIpc) is 2.55. The molecule has 0 radical (unpaired) electrons. The van der Waals surface area contributed by atoms with Crippen LogP contribution in [0.1, 0.15) is 0 Å². The van der Waals surface area contributed by atoms with Crippen LogP contribution < -0.4 is 0 Å². The minimum absolute atomic E-state index is 0.704. The predicted octanol–water partition coefficient (Wildman–Crippen LogP) is 3.85. The lowest BCUT2D eigenvalue weighted by molar-refractivity contribution is 1.06. The van der Waals surface area contributed by atoms with E-state index < -0.39 is 0 Å². The Morgan fingerprint density at radius 3 is 2.30 bits per heavy atom. The maximum absolute atomic E-state index is 4.20. The van der Waals surface area contributed by atoms with Gasteiger partial charge in [0.25, 0.3) is 0 Å².